The van der Waals surface area contributed by atoms with Crippen LogP contribution < -0.4 is 5.73 Å². The Morgan fingerprint density at radius 3 is 2.90 bits per heavy atom. The average molecular weight is 361 g/mol. The van der Waals surface area contributed by atoms with Gasteiger partial charge < -0.3 is 5.73 Å². The molecular weight excluding hydrogens is 345 g/mol. The van der Waals surface area contributed by atoms with Crippen LogP contribution in [-0.4, -0.2) is 9.78 Å². The zero-order valence-corrected chi connectivity index (χ0v) is 13.5. The highest BCUT2D eigenvalue weighted by atomic mass is 79.9. The predicted octanol–water partition coefficient (Wildman–Crippen LogP) is 4.09. The second-order valence-electron chi connectivity index (χ2n) is 4.65. The van der Waals surface area contributed by atoms with E-state index in [1.165, 1.54) is 12.1 Å². The van der Waals surface area contributed by atoms with Crippen molar-refractivity contribution in [1.82, 2.24) is 9.78 Å². The van der Waals surface area contributed by atoms with Crippen molar-refractivity contribution in [3.63, 3.8) is 0 Å². The molecule has 0 saturated carbocycles. The van der Waals surface area contributed by atoms with E-state index in [4.69, 9.17) is 17.3 Å². The lowest BCUT2D eigenvalue weighted by Crippen LogP contribution is -2.19. The quantitative estimate of drug-likeness (QED) is 0.872. The maximum absolute atomic E-state index is 13.0. The van der Waals surface area contributed by atoms with Gasteiger partial charge in [-0.1, -0.05) is 24.6 Å². The van der Waals surface area contributed by atoms with Gasteiger partial charge in [-0.25, -0.2) is 4.39 Å². The maximum atomic E-state index is 13.0. The van der Waals surface area contributed by atoms with Crippen molar-refractivity contribution in [3.8, 4) is 0 Å². The largest absolute Gasteiger partial charge is 0.322 e. The molecule has 20 heavy (non-hydrogen) atoms. The molecule has 1 heterocycles. The number of halogens is 3. The summed E-state index contributed by atoms with van der Waals surface area (Å²) in [6.45, 7) is 2.90. The van der Waals surface area contributed by atoms with Crippen molar-refractivity contribution in [3.05, 3.63) is 51.0 Å². The molecule has 1 unspecified atom stereocenters. The van der Waals surface area contributed by atoms with E-state index in [0.29, 0.717) is 11.4 Å². The molecular formula is C14H16BrClFN3. The van der Waals surface area contributed by atoms with Crippen molar-refractivity contribution in [2.75, 3.05) is 0 Å². The van der Waals surface area contributed by atoms with Crippen LogP contribution in [0.2, 0.25) is 5.02 Å². The predicted molar refractivity (Wildman–Crippen MR) is 82.3 cm³/mol. The minimum Gasteiger partial charge on any atom is -0.322 e. The fraction of sp³-hybridized carbons (Fsp3) is 0.357. The summed E-state index contributed by atoms with van der Waals surface area (Å²) in [5, 5.41) is 4.70. The van der Waals surface area contributed by atoms with Crippen LogP contribution in [0.5, 0.6) is 0 Å². The second-order valence-corrected chi connectivity index (χ2v) is 5.91. The van der Waals surface area contributed by atoms with Gasteiger partial charge in [-0.05, 0) is 46.5 Å². The summed E-state index contributed by atoms with van der Waals surface area (Å²) in [7, 11) is 0. The van der Waals surface area contributed by atoms with Crippen molar-refractivity contribution >= 4 is 27.5 Å². The van der Waals surface area contributed by atoms with Crippen LogP contribution in [0.15, 0.2) is 28.9 Å². The zero-order valence-electron chi connectivity index (χ0n) is 11.1. The first-order chi connectivity index (χ1) is 9.52. The minimum absolute atomic E-state index is 0.249. The molecule has 1 aromatic carbocycles. The number of nitrogens with zero attached hydrogens (tertiary/aromatic N) is 2. The third-order valence-corrected chi connectivity index (χ3v) is 4.04. The Morgan fingerprint density at radius 2 is 2.25 bits per heavy atom. The van der Waals surface area contributed by atoms with Gasteiger partial charge in [0.1, 0.15) is 5.82 Å². The molecule has 3 nitrogen and oxygen atoms in total. The van der Waals surface area contributed by atoms with Crippen LogP contribution in [0.25, 0.3) is 0 Å². The Kier molecular flexibility index (Phi) is 5.18. The molecule has 2 rings (SSSR count). The molecule has 108 valence electrons. The zero-order chi connectivity index (χ0) is 14.7. The standard InChI is InChI=1S/C14H16BrClFN3/c1-2-5-20-14(11(15)8-19-20)13(18)6-9-3-4-10(17)7-12(9)16/h3-4,7-8,13H,2,5-6,18H2,1H3. The first-order valence-electron chi connectivity index (χ1n) is 6.43. The number of benzene rings is 1. The van der Waals surface area contributed by atoms with E-state index in [-0.39, 0.29) is 11.9 Å². The summed E-state index contributed by atoms with van der Waals surface area (Å²) in [6, 6.07) is 4.13. The highest BCUT2D eigenvalue weighted by Crippen LogP contribution is 2.27. The van der Waals surface area contributed by atoms with Gasteiger partial charge in [0.05, 0.1) is 22.4 Å². The Bertz CT molecular complexity index is 600. The Labute approximate surface area is 131 Å². The number of nitrogens with two attached hydrogens (primary N) is 1. The van der Waals surface area contributed by atoms with Crippen molar-refractivity contribution in [2.24, 2.45) is 5.73 Å². The van der Waals surface area contributed by atoms with E-state index in [2.05, 4.69) is 28.0 Å². The van der Waals surface area contributed by atoms with E-state index in [1.54, 1.807) is 12.3 Å². The fourth-order valence-electron chi connectivity index (χ4n) is 2.15. The van der Waals surface area contributed by atoms with E-state index in [9.17, 15) is 4.39 Å². The van der Waals surface area contributed by atoms with Gasteiger partial charge in [-0.2, -0.15) is 5.10 Å². The SMILES string of the molecule is CCCn1ncc(Br)c1C(N)Cc1ccc(F)cc1Cl. The summed E-state index contributed by atoms with van der Waals surface area (Å²) < 4.78 is 15.8. The minimum atomic E-state index is -0.343. The van der Waals surface area contributed by atoms with Crippen LogP contribution >= 0.6 is 27.5 Å². The van der Waals surface area contributed by atoms with E-state index in [0.717, 1.165) is 28.7 Å². The van der Waals surface area contributed by atoms with Gasteiger partial charge in [0.2, 0.25) is 0 Å². The molecule has 0 bridgehead atoms. The fourth-order valence-corrected chi connectivity index (χ4v) is 2.99. The molecule has 0 amide bonds. The third kappa shape index (κ3) is 3.40. The molecule has 0 saturated heterocycles. The first-order valence-corrected chi connectivity index (χ1v) is 7.60. The molecule has 1 atom stereocenters. The molecule has 0 aliphatic heterocycles. The summed E-state index contributed by atoms with van der Waals surface area (Å²) in [5.41, 5.74) is 8.03. The molecule has 0 radical (unpaired) electrons. The number of aryl methyl sites for hydroxylation is 1. The highest BCUT2D eigenvalue weighted by molar-refractivity contribution is 9.10. The van der Waals surface area contributed by atoms with Crippen molar-refractivity contribution in [2.45, 2.75) is 32.4 Å². The normalized spacial score (nSPS) is 12.7. The molecule has 2 aromatic rings. The highest BCUT2D eigenvalue weighted by Gasteiger charge is 2.18. The summed E-state index contributed by atoms with van der Waals surface area (Å²) in [4.78, 5) is 0. The van der Waals surface area contributed by atoms with Crippen LogP contribution in [0, 0.1) is 5.82 Å². The van der Waals surface area contributed by atoms with Crippen molar-refractivity contribution < 1.29 is 4.39 Å². The lowest BCUT2D eigenvalue weighted by molar-refractivity contribution is 0.536. The molecule has 0 spiro atoms. The summed E-state index contributed by atoms with van der Waals surface area (Å²) in [6.07, 6.45) is 3.26. The Hall–Kier alpha value is -0.910. The van der Waals surface area contributed by atoms with Crippen LogP contribution in [0.1, 0.15) is 30.6 Å². The van der Waals surface area contributed by atoms with E-state index >= 15 is 0 Å². The summed E-state index contributed by atoms with van der Waals surface area (Å²) >= 11 is 9.52. The molecule has 0 aliphatic carbocycles. The van der Waals surface area contributed by atoms with Crippen LogP contribution in [-0.2, 0) is 13.0 Å². The van der Waals surface area contributed by atoms with Gasteiger partial charge >= 0.3 is 0 Å². The second kappa shape index (κ2) is 6.70. The Morgan fingerprint density at radius 1 is 1.50 bits per heavy atom. The van der Waals surface area contributed by atoms with Gasteiger partial charge in [0.15, 0.2) is 0 Å². The van der Waals surface area contributed by atoms with Crippen LogP contribution in [0.3, 0.4) is 0 Å². The van der Waals surface area contributed by atoms with E-state index < -0.39 is 0 Å². The van der Waals surface area contributed by atoms with Crippen LogP contribution in [0.4, 0.5) is 4.39 Å². The average Bonchev–Trinajstić information content (AvgIpc) is 2.74. The van der Waals surface area contributed by atoms with Crippen molar-refractivity contribution in [1.29, 1.82) is 0 Å². The number of rotatable bonds is 5. The molecule has 0 aliphatic rings. The number of aromatic nitrogens is 2. The lowest BCUT2D eigenvalue weighted by Gasteiger charge is -2.15. The summed E-state index contributed by atoms with van der Waals surface area (Å²) in [5.74, 6) is -0.343. The molecule has 6 heteroatoms. The number of hydrogen-bond donors (Lipinski definition) is 1. The molecule has 1 aromatic heterocycles. The maximum Gasteiger partial charge on any atom is 0.124 e. The smallest absolute Gasteiger partial charge is 0.124 e. The first kappa shape index (κ1) is 15.5. The van der Waals surface area contributed by atoms with Gasteiger partial charge in [-0.3, -0.25) is 4.68 Å². The number of hydrogen-bond acceptors (Lipinski definition) is 2. The molecule has 2 N–H and O–H groups in total. The van der Waals surface area contributed by atoms with Gasteiger partial charge in [0, 0.05) is 11.6 Å². The lowest BCUT2D eigenvalue weighted by atomic mass is 10.0. The molecule has 0 fully saturated rings. The Balaban J connectivity index is 2.23. The van der Waals surface area contributed by atoms with E-state index in [1.807, 2.05) is 4.68 Å². The monoisotopic (exact) mass is 359 g/mol. The topological polar surface area (TPSA) is 43.8 Å². The van der Waals surface area contributed by atoms with Gasteiger partial charge in [-0.15, -0.1) is 0 Å². The third-order valence-electron chi connectivity index (χ3n) is 3.07. The van der Waals surface area contributed by atoms with Gasteiger partial charge in [0.25, 0.3) is 0 Å².